The van der Waals surface area contributed by atoms with Gasteiger partial charge < -0.3 is 41.7 Å². The zero-order valence-corrected chi connectivity index (χ0v) is 31.7. The van der Waals surface area contributed by atoms with Gasteiger partial charge in [0.05, 0.1) is 76.0 Å². The minimum atomic E-state index is -0.142. The normalized spacial score (nSPS) is 15.7. The molecule has 0 atom stereocenters. The van der Waals surface area contributed by atoms with E-state index < -0.39 is 0 Å². The van der Waals surface area contributed by atoms with Gasteiger partial charge in [0.2, 0.25) is 11.9 Å². The minimum Gasteiger partial charge on any atom is -0.507 e. The van der Waals surface area contributed by atoms with Gasteiger partial charge in [-0.1, -0.05) is 46.4 Å². The first-order valence-corrected chi connectivity index (χ1v) is 18.7. The summed E-state index contributed by atoms with van der Waals surface area (Å²) >= 11 is 30.6. The van der Waals surface area contributed by atoms with E-state index in [0.29, 0.717) is 86.8 Å². The summed E-state index contributed by atoms with van der Waals surface area (Å²) in [4.78, 5) is 45.3. The second-order valence-electron chi connectivity index (χ2n) is 13.0. The number of ether oxygens (including phenoxy) is 1. The average Bonchev–Trinajstić information content (AvgIpc) is 4.00. The predicted molar refractivity (Wildman–Crippen MR) is 203 cm³/mol. The number of carbonyl (C=O) groups is 2. The van der Waals surface area contributed by atoms with Crippen LogP contribution >= 0.6 is 58.0 Å². The van der Waals surface area contributed by atoms with Gasteiger partial charge in [0.1, 0.15) is 18.1 Å². The highest BCUT2D eigenvalue weighted by atomic mass is 35.5. The van der Waals surface area contributed by atoms with Gasteiger partial charge >= 0.3 is 12.1 Å². The van der Waals surface area contributed by atoms with E-state index in [-0.39, 0.29) is 53.4 Å². The van der Waals surface area contributed by atoms with E-state index in [9.17, 15) is 14.7 Å². The second-order valence-corrected chi connectivity index (χ2v) is 15.0. The van der Waals surface area contributed by atoms with Gasteiger partial charge in [-0.15, -0.1) is 11.6 Å². The molecule has 4 amide bonds. The lowest BCUT2D eigenvalue weighted by molar-refractivity contribution is 0.197. The quantitative estimate of drug-likeness (QED) is 0.124. The number of urea groups is 2. The maximum Gasteiger partial charge on any atom is 0.318 e. The Bertz CT molecular complexity index is 2090. The van der Waals surface area contributed by atoms with Crippen molar-refractivity contribution in [2.24, 2.45) is 0 Å². The van der Waals surface area contributed by atoms with Crippen LogP contribution in [0.2, 0.25) is 20.1 Å². The Morgan fingerprint density at radius 2 is 1.21 bits per heavy atom. The number of benzene rings is 2. The summed E-state index contributed by atoms with van der Waals surface area (Å²) in [7, 11) is 0. The van der Waals surface area contributed by atoms with Gasteiger partial charge in [0, 0.05) is 33.3 Å². The lowest BCUT2D eigenvalue weighted by Gasteiger charge is -2.17. The van der Waals surface area contributed by atoms with Crippen molar-refractivity contribution in [3.8, 4) is 34.0 Å². The predicted octanol–water partition coefficient (Wildman–Crippen LogP) is 6.76. The molecule has 2 aromatic heterocycles. The molecule has 53 heavy (non-hydrogen) atoms. The van der Waals surface area contributed by atoms with Crippen LogP contribution in [0.4, 0.5) is 21.5 Å². The number of halogens is 5. The summed E-state index contributed by atoms with van der Waals surface area (Å²) in [6.07, 6.45) is 4.07. The zero-order chi connectivity index (χ0) is 37.6. The molecular weight excluding hydrogens is 790 g/mol. The van der Waals surface area contributed by atoms with E-state index in [1.54, 1.807) is 21.9 Å². The molecule has 0 saturated heterocycles. The van der Waals surface area contributed by atoms with Gasteiger partial charge in [-0.3, -0.25) is 0 Å². The van der Waals surface area contributed by atoms with E-state index in [2.05, 4.69) is 30.6 Å². The van der Waals surface area contributed by atoms with Gasteiger partial charge in [-0.25, -0.2) is 29.5 Å². The van der Waals surface area contributed by atoms with Crippen molar-refractivity contribution in [1.82, 2.24) is 40.4 Å². The third kappa shape index (κ3) is 8.31. The molecule has 2 aliphatic carbocycles. The first-order chi connectivity index (χ1) is 25.4. The molecule has 4 heterocycles. The maximum absolute atomic E-state index is 12.5. The fourth-order valence-electron chi connectivity index (χ4n) is 6.07. The number of aromatic nitrogens is 4. The van der Waals surface area contributed by atoms with Crippen molar-refractivity contribution in [1.29, 1.82) is 0 Å². The molecule has 2 aromatic carbocycles. The smallest absolute Gasteiger partial charge is 0.318 e. The summed E-state index contributed by atoms with van der Waals surface area (Å²) in [6, 6.07) is 6.46. The van der Waals surface area contributed by atoms with Crippen molar-refractivity contribution >= 4 is 82.0 Å². The van der Waals surface area contributed by atoms with Gasteiger partial charge in [-0.2, -0.15) is 0 Å². The molecule has 14 nitrogen and oxygen atoms in total. The van der Waals surface area contributed by atoms with Gasteiger partial charge in [0.15, 0.2) is 0 Å². The number of carbonyl (C=O) groups excluding carboxylic acids is 2. The van der Waals surface area contributed by atoms with Gasteiger partial charge in [0.25, 0.3) is 0 Å². The van der Waals surface area contributed by atoms with Crippen molar-refractivity contribution < 1.29 is 19.4 Å². The van der Waals surface area contributed by atoms with Crippen LogP contribution in [0.15, 0.2) is 24.3 Å². The lowest BCUT2D eigenvalue weighted by atomic mass is 10.0. The number of aromatic hydroxyl groups is 1. The van der Waals surface area contributed by atoms with Crippen molar-refractivity contribution in [2.45, 2.75) is 63.9 Å². The first kappa shape index (κ1) is 37.1. The molecule has 4 aromatic rings. The number of nitrogens with one attached hydrogen (secondary N) is 2. The number of hydrogen-bond acceptors (Lipinski definition) is 10. The highest BCUT2D eigenvalue weighted by Crippen LogP contribution is 2.43. The van der Waals surface area contributed by atoms with Crippen LogP contribution in [0.3, 0.4) is 0 Å². The molecule has 0 spiro atoms. The standard InChI is InChI=1S/C18H18Cl3N5O2.C16H15Cl2N5O2/c19-3-4-28-14-6-9(20)5-12(21)15(14)16-11-7-26(18(27)23-10-1-2-10)8-13(11)24-17(22)25-16;17-7-3-10(18)13(12(24)4-7)14-9-5-23(16(25)20-8-1-2-8)6-11(9)21-15(19)22-14/h5-6,10H,1-4,7-8H2,(H,23,27)(H2,22,24,25);3-4,8,24H,1-2,5-6H2,(H,20,25)(H2,19,21,22). The van der Waals surface area contributed by atoms with Crippen LogP contribution in [0.1, 0.15) is 48.2 Å². The number of hydrogen-bond donors (Lipinski definition) is 5. The molecule has 8 rings (SSSR count). The molecule has 2 aliphatic heterocycles. The molecule has 0 radical (unpaired) electrons. The maximum atomic E-state index is 12.5. The molecule has 0 unspecified atom stereocenters. The molecule has 4 aliphatic rings. The van der Waals surface area contributed by atoms with Crippen molar-refractivity contribution in [3.05, 3.63) is 66.9 Å². The Kier molecular flexibility index (Phi) is 10.7. The molecule has 7 N–H and O–H groups in total. The van der Waals surface area contributed by atoms with Crippen LogP contribution in [0, 0.1) is 0 Å². The van der Waals surface area contributed by atoms with Crippen molar-refractivity contribution in [3.63, 3.8) is 0 Å². The summed E-state index contributed by atoms with van der Waals surface area (Å²) in [5.74, 6) is 0.831. The Balaban J connectivity index is 0.000000165. The summed E-state index contributed by atoms with van der Waals surface area (Å²) < 4.78 is 5.74. The number of rotatable bonds is 7. The Labute approximate surface area is 329 Å². The summed E-state index contributed by atoms with van der Waals surface area (Å²) in [5, 5.41) is 17.6. The number of alkyl halides is 1. The number of anilines is 2. The number of nitrogens with two attached hydrogens (primary N) is 2. The van der Waals surface area contributed by atoms with Crippen LogP contribution in [0.5, 0.6) is 11.5 Å². The number of nitrogen functional groups attached to an aromatic ring is 2. The molecule has 0 bridgehead atoms. The third-order valence-corrected chi connectivity index (χ3v) is 10.0. The molecule has 278 valence electrons. The molecule has 19 heteroatoms. The second kappa shape index (κ2) is 15.3. The monoisotopic (exact) mass is 820 g/mol. The largest absolute Gasteiger partial charge is 0.507 e. The number of amides is 4. The first-order valence-electron chi connectivity index (χ1n) is 16.7. The molecule has 2 saturated carbocycles. The van der Waals surface area contributed by atoms with Crippen LogP contribution in [-0.2, 0) is 26.2 Å². The number of fused-ring (bicyclic) bond motifs is 2. The van der Waals surface area contributed by atoms with Gasteiger partial charge in [-0.05, 0) is 49.9 Å². The van der Waals surface area contributed by atoms with Crippen LogP contribution in [0.25, 0.3) is 22.5 Å². The van der Waals surface area contributed by atoms with E-state index >= 15 is 0 Å². The van der Waals surface area contributed by atoms with E-state index in [1.165, 1.54) is 12.1 Å². The topological polar surface area (TPSA) is 198 Å². The Hall–Kier alpha value is -4.21. The zero-order valence-electron chi connectivity index (χ0n) is 27.9. The Morgan fingerprint density at radius 1 is 0.736 bits per heavy atom. The van der Waals surface area contributed by atoms with Crippen LogP contribution < -0.4 is 26.8 Å². The average molecular weight is 823 g/mol. The van der Waals surface area contributed by atoms with Crippen molar-refractivity contribution in [2.75, 3.05) is 24.0 Å². The highest BCUT2D eigenvalue weighted by molar-refractivity contribution is 6.37. The Morgan fingerprint density at radius 3 is 1.68 bits per heavy atom. The number of nitrogens with zero attached hydrogens (tertiary/aromatic N) is 6. The molecule has 2 fully saturated rings. The van der Waals surface area contributed by atoms with E-state index in [1.807, 2.05) is 0 Å². The highest BCUT2D eigenvalue weighted by Gasteiger charge is 2.34. The third-order valence-electron chi connectivity index (χ3n) is 8.84. The minimum absolute atomic E-state index is 0.0589. The lowest BCUT2D eigenvalue weighted by Crippen LogP contribution is -2.37. The SMILES string of the molecule is Nc1nc2c(c(-c3c(Cl)cc(Cl)cc3OCCCl)n1)CN(C(=O)NC1CC1)C2.Nc1nc2c(c(-c3c(O)cc(Cl)cc3Cl)n1)CN(C(=O)NC1CC1)C2. The van der Waals surface area contributed by atoms with E-state index in [0.717, 1.165) is 36.8 Å². The van der Waals surface area contributed by atoms with Crippen LogP contribution in [-0.4, -0.2) is 71.5 Å². The summed E-state index contributed by atoms with van der Waals surface area (Å²) in [5.41, 5.74) is 16.5. The summed E-state index contributed by atoms with van der Waals surface area (Å²) in [6.45, 7) is 1.65. The number of phenols is 1. The fourth-order valence-corrected chi connectivity index (χ4v) is 7.29. The fraction of sp³-hybridized carbons (Fsp3) is 0.353. The molecular formula is C34H33Cl5N10O4. The van der Waals surface area contributed by atoms with E-state index in [4.69, 9.17) is 74.2 Å². The number of phenolic OH excluding ortho intramolecular Hbond substituents is 1.